The number of nitrogens with zero attached hydrogens (tertiary/aromatic N) is 3. The lowest BCUT2D eigenvalue weighted by atomic mass is 10.1. The maximum absolute atomic E-state index is 13.5. The molecule has 4 atom stereocenters. The first kappa shape index (κ1) is 20.6. The minimum atomic E-state index is -0.128. The normalized spacial score (nSPS) is 24.4. The van der Waals surface area contributed by atoms with Crippen molar-refractivity contribution in [2.75, 3.05) is 13.2 Å². The fourth-order valence-electron chi connectivity index (χ4n) is 4.51. The summed E-state index contributed by atoms with van der Waals surface area (Å²) in [4.78, 5) is 27.5. The molecule has 6 nitrogen and oxygen atoms in total. The van der Waals surface area contributed by atoms with Crippen LogP contribution in [0.15, 0.2) is 30.3 Å². The summed E-state index contributed by atoms with van der Waals surface area (Å²) >= 11 is 0. The molecule has 0 aliphatic heterocycles. The Hall–Kier alpha value is -2.63. The van der Waals surface area contributed by atoms with Gasteiger partial charge in [-0.2, -0.15) is 5.10 Å². The molecule has 0 spiro atoms. The predicted molar refractivity (Wildman–Crippen MR) is 114 cm³/mol. The summed E-state index contributed by atoms with van der Waals surface area (Å²) in [5.74, 6) is 0.528. The average Bonchev–Trinajstić information content (AvgIpc) is 3.64. The molecule has 0 unspecified atom stereocenters. The molecule has 0 radical (unpaired) electrons. The molecule has 2 saturated carbocycles. The Kier molecular flexibility index (Phi) is 5.67. The Bertz CT molecular complexity index is 937. The van der Waals surface area contributed by atoms with Crippen LogP contribution in [-0.4, -0.2) is 39.7 Å². The van der Waals surface area contributed by atoms with E-state index in [-0.39, 0.29) is 29.6 Å². The Labute approximate surface area is 178 Å². The molecular formula is C24H31N3O3. The first-order valence-electron chi connectivity index (χ1n) is 10.9. The second-order valence-corrected chi connectivity index (χ2v) is 8.71. The molecule has 1 amide bonds. The van der Waals surface area contributed by atoms with Crippen molar-refractivity contribution in [3.05, 3.63) is 52.8 Å². The number of ether oxygens (including phenoxy) is 1. The van der Waals surface area contributed by atoms with Gasteiger partial charge in [-0.3, -0.25) is 14.3 Å². The van der Waals surface area contributed by atoms with Crippen molar-refractivity contribution in [3.8, 4) is 0 Å². The molecular weight excluding hydrogens is 378 g/mol. The van der Waals surface area contributed by atoms with Crippen LogP contribution < -0.4 is 0 Å². The standard InChI is InChI=1S/C24H31N3O3/c1-5-30-24(29)20-11-18(20)13-27(14-22-15(2)25-26(4)16(22)3)23(28)21-12-19(21)17-9-7-6-8-10-17/h6-10,18-21H,5,11-14H2,1-4H3/t18-,19+,20+,21-/m1/s1. The molecule has 2 aliphatic rings. The number of rotatable bonds is 8. The van der Waals surface area contributed by atoms with Gasteiger partial charge in [0.25, 0.3) is 0 Å². The SMILES string of the molecule is CCOC(=O)[C@H]1C[C@@H]1CN(Cc1c(C)nn(C)c1C)C(=O)[C@@H]1C[C@H]1c1ccccc1. The van der Waals surface area contributed by atoms with Crippen molar-refractivity contribution in [1.29, 1.82) is 0 Å². The topological polar surface area (TPSA) is 64.4 Å². The fourth-order valence-corrected chi connectivity index (χ4v) is 4.51. The van der Waals surface area contributed by atoms with Gasteiger partial charge < -0.3 is 9.64 Å². The number of amides is 1. The van der Waals surface area contributed by atoms with E-state index in [0.717, 1.165) is 29.8 Å². The van der Waals surface area contributed by atoms with Crippen LogP contribution in [0.1, 0.15) is 48.2 Å². The average molecular weight is 410 g/mol. The Morgan fingerprint density at radius 3 is 2.53 bits per heavy atom. The number of aryl methyl sites for hydroxylation is 2. The van der Waals surface area contributed by atoms with Crippen LogP contribution in [0.3, 0.4) is 0 Å². The summed E-state index contributed by atoms with van der Waals surface area (Å²) in [5.41, 5.74) is 4.39. The molecule has 0 bridgehead atoms. The van der Waals surface area contributed by atoms with E-state index in [1.54, 1.807) is 0 Å². The van der Waals surface area contributed by atoms with Crippen molar-refractivity contribution < 1.29 is 14.3 Å². The van der Waals surface area contributed by atoms with Gasteiger partial charge in [0, 0.05) is 37.3 Å². The first-order valence-corrected chi connectivity index (χ1v) is 10.9. The van der Waals surface area contributed by atoms with E-state index in [4.69, 9.17) is 4.74 Å². The predicted octanol–water partition coefficient (Wildman–Crippen LogP) is 3.37. The largest absolute Gasteiger partial charge is 0.466 e. The van der Waals surface area contributed by atoms with Gasteiger partial charge in [-0.25, -0.2) is 0 Å². The van der Waals surface area contributed by atoms with Gasteiger partial charge in [-0.15, -0.1) is 0 Å². The molecule has 1 heterocycles. The molecule has 0 N–H and O–H groups in total. The van der Waals surface area contributed by atoms with Crippen LogP contribution in [0.25, 0.3) is 0 Å². The van der Waals surface area contributed by atoms with Crippen molar-refractivity contribution in [2.45, 2.75) is 46.1 Å². The van der Waals surface area contributed by atoms with Crippen molar-refractivity contribution >= 4 is 11.9 Å². The summed E-state index contributed by atoms with van der Waals surface area (Å²) < 4.78 is 7.05. The monoisotopic (exact) mass is 409 g/mol. The van der Waals surface area contributed by atoms with Crippen LogP contribution in [0.4, 0.5) is 0 Å². The Morgan fingerprint density at radius 1 is 1.17 bits per heavy atom. The minimum Gasteiger partial charge on any atom is -0.466 e. The van der Waals surface area contributed by atoms with Crippen LogP contribution in [-0.2, 0) is 27.9 Å². The second-order valence-electron chi connectivity index (χ2n) is 8.71. The van der Waals surface area contributed by atoms with Gasteiger partial charge in [-0.1, -0.05) is 30.3 Å². The lowest BCUT2D eigenvalue weighted by Gasteiger charge is -2.24. The zero-order valence-corrected chi connectivity index (χ0v) is 18.3. The molecule has 6 heteroatoms. The molecule has 2 fully saturated rings. The van der Waals surface area contributed by atoms with E-state index in [9.17, 15) is 9.59 Å². The smallest absolute Gasteiger partial charge is 0.309 e. The summed E-state index contributed by atoms with van der Waals surface area (Å²) in [7, 11) is 1.93. The number of hydrogen-bond donors (Lipinski definition) is 0. The third kappa shape index (κ3) is 4.13. The van der Waals surface area contributed by atoms with Crippen LogP contribution in [0, 0.1) is 31.6 Å². The minimum absolute atomic E-state index is 0.0319. The van der Waals surface area contributed by atoms with E-state index in [1.807, 2.05) is 55.6 Å². The van der Waals surface area contributed by atoms with E-state index in [2.05, 4.69) is 17.2 Å². The molecule has 160 valence electrons. The third-order valence-corrected chi connectivity index (χ3v) is 6.62. The highest BCUT2D eigenvalue weighted by Gasteiger charge is 2.49. The number of benzene rings is 1. The van der Waals surface area contributed by atoms with E-state index in [1.165, 1.54) is 5.56 Å². The lowest BCUT2D eigenvalue weighted by molar-refractivity contribution is -0.145. The van der Waals surface area contributed by atoms with E-state index in [0.29, 0.717) is 25.6 Å². The number of aromatic nitrogens is 2. The highest BCUT2D eigenvalue weighted by molar-refractivity contribution is 5.83. The molecule has 0 saturated heterocycles. The molecule has 2 aliphatic carbocycles. The quantitative estimate of drug-likeness (QED) is 0.627. The molecule has 1 aromatic heterocycles. The maximum Gasteiger partial charge on any atom is 0.309 e. The van der Waals surface area contributed by atoms with Gasteiger partial charge in [-0.05, 0) is 51.0 Å². The molecule has 1 aromatic carbocycles. The summed E-state index contributed by atoms with van der Waals surface area (Å²) in [6.45, 7) is 7.42. The summed E-state index contributed by atoms with van der Waals surface area (Å²) in [5, 5.41) is 4.51. The van der Waals surface area contributed by atoms with Gasteiger partial charge >= 0.3 is 5.97 Å². The van der Waals surface area contributed by atoms with Crippen LogP contribution >= 0.6 is 0 Å². The maximum atomic E-state index is 13.5. The number of esters is 1. The number of hydrogen-bond acceptors (Lipinski definition) is 4. The van der Waals surface area contributed by atoms with Crippen LogP contribution in [0.2, 0.25) is 0 Å². The fraction of sp³-hybridized carbons (Fsp3) is 0.542. The first-order chi connectivity index (χ1) is 14.4. The summed E-state index contributed by atoms with van der Waals surface area (Å²) in [6.07, 6.45) is 1.71. The highest BCUT2D eigenvalue weighted by Crippen LogP contribution is 2.49. The van der Waals surface area contributed by atoms with Gasteiger partial charge in [0.15, 0.2) is 0 Å². The Balaban J connectivity index is 1.49. The van der Waals surface area contributed by atoms with Crippen molar-refractivity contribution in [3.63, 3.8) is 0 Å². The molecule has 2 aromatic rings. The van der Waals surface area contributed by atoms with Crippen molar-refractivity contribution in [2.24, 2.45) is 24.8 Å². The zero-order valence-electron chi connectivity index (χ0n) is 18.3. The zero-order chi connectivity index (χ0) is 21.4. The lowest BCUT2D eigenvalue weighted by Crippen LogP contribution is -2.35. The third-order valence-electron chi connectivity index (χ3n) is 6.62. The van der Waals surface area contributed by atoms with Crippen molar-refractivity contribution in [1.82, 2.24) is 14.7 Å². The second kappa shape index (κ2) is 8.25. The summed E-state index contributed by atoms with van der Waals surface area (Å²) in [6, 6.07) is 10.3. The van der Waals surface area contributed by atoms with Gasteiger partial charge in [0.1, 0.15) is 0 Å². The van der Waals surface area contributed by atoms with Gasteiger partial charge in [0.2, 0.25) is 5.91 Å². The molecule has 4 rings (SSSR count). The molecule has 30 heavy (non-hydrogen) atoms. The van der Waals surface area contributed by atoms with E-state index < -0.39 is 0 Å². The van der Waals surface area contributed by atoms with Gasteiger partial charge in [0.05, 0.1) is 18.2 Å². The Morgan fingerprint density at radius 2 is 1.90 bits per heavy atom. The highest BCUT2D eigenvalue weighted by atomic mass is 16.5. The number of carbonyl (C=O) groups excluding carboxylic acids is 2. The van der Waals surface area contributed by atoms with Crippen LogP contribution in [0.5, 0.6) is 0 Å². The van der Waals surface area contributed by atoms with E-state index >= 15 is 0 Å². The number of carbonyl (C=O) groups is 2.